The lowest BCUT2D eigenvalue weighted by molar-refractivity contribution is 0.0141. The fourth-order valence-electron chi connectivity index (χ4n) is 2.40. The quantitative estimate of drug-likeness (QED) is 0.500. The highest BCUT2D eigenvalue weighted by molar-refractivity contribution is 5.66. The summed E-state index contributed by atoms with van der Waals surface area (Å²) in [7, 11) is 0. The molecule has 7 nitrogen and oxygen atoms in total. The molecule has 5 N–H and O–H groups in total. The molecular weight excluding hydrogens is 300 g/mol. The predicted molar refractivity (Wildman–Crippen MR) is 85.5 cm³/mol. The van der Waals surface area contributed by atoms with Crippen LogP contribution in [0.5, 0.6) is 0 Å². The molecule has 0 aromatic heterocycles. The van der Waals surface area contributed by atoms with E-state index in [1.165, 1.54) is 0 Å². The number of hydrogen-bond donors (Lipinski definition) is 5. The van der Waals surface area contributed by atoms with Crippen LogP contribution in [0.2, 0.25) is 0 Å². The van der Waals surface area contributed by atoms with Gasteiger partial charge in [0.25, 0.3) is 0 Å². The molecule has 0 saturated heterocycles. The second-order valence-electron chi connectivity index (χ2n) is 6.16. The van der Waals surface area contributed by atoms with Crippen molar-refractivity contribution in [2.24, 2.45) is 5.41 Å². The second kappa shape index (κ2) is 8.38. The Bertz CT molecular complexity index is 518. The molecule has 0 aliphatic heterocycles. The smallest absolute Gasteiger partial charge is 0.405 e. The van der Waals surface area contributed by atoms with Gasteiger partial charge in [0, 0.05) is 6.54 Å². The molecule has 7 heteroatoms. The van der Waals surface area contributed by atoms with E-state index in [-0.39, 0.29) is 6.54 Å². The van der Waals surface area contributed by atoms with Crippen LogP contribution >= 0.6 is 0 Å². The van der Waals surface area contributed by atoms with Crippen LogP contribution in [0, 0.1) is 5.41 Å². The number of nitrogens with one attached hydrogen (secondary N) is 2. The maximum absolute atomic E-state index is 10.9. The summed E-state index contributed by atoms with van der Waals surface area (Å²) in [6.07, 6.45) is -2.24. The first kappa shape index (κ1) is 18.8. The normalized spacial score (nSPS) is 13.9. The highest BCUT2D eigenvalue weighted by Crippen LogP contribution is 2.29. The lowest BCUT2D eigenvalue weighted by Crippen LogP contribution is -2.54. The zero-order chi connectivity index (χ0) is 17.5. The highest BCUT2D eigenvalue weighted by Gasteiger charge is 2.35. The standard InChI is InChI=1S/C16H24N2O5/c1-16(2,9-8-11-6-4-3-5-7-11)13(19)12(18-15(22)23)10-17-14(20)21/h3-7,12-13,17-19H,8-10H2,1-2H3,(H,20,21)(H,22,23)/t12-,13?/m0/s1. The van der Waals surface area contributed by atoms with Crippen molar-refractivity contribution in [1.82, 2.24) is 10.6 Å². The Morgan fingerprint density at radius 2 is 1.74 bits per heavy atom. The first-order chi connectivity index (χ1) is 10.7. The molecule has 1 aromatic carbocycles. The summed E-state index contributed by atoms with van der Waals surface area (Å²) in [5, 5.41) is 32.3. The maximum Gasteiger partial charge on any atom is 0.405 e. The molecule has 0 bridgehead atoms. The SMILES string of the molecule is CC(C)(CCc1ccccc1)C(O)[C@H](CNC(=O)O)NC(=O)O. The van der Waals surface area contributed by atoms with E-state index in [0.717, 1.165) is 12.0 Å². The molecule has 0 heterocycles. The Morgan fingerprint density at radius 3 is 2.26 bits per heavy atom. The Labute approximate surface area is 135 Å². The molecule has 2 amide bonds. The van der Waals surface area contributed by atoms with Crippen LogP contribution in [0.25, 0.3) is 0 Å². The first-order valence-corrected chi connectivity index (χ1v) is 7.40. The summed E-state index contributed by atoms with van der Waals surface area (Å²) in [6.45, 7) is 3.47. The molecule has 0 aliphatic rings. The third kappa shape index (κ3) is 6.56. The molecule has 1 unspecified atom stereocenters. The molecule has 23 heavy (non-hydrogen) atoms. The number of aliphatic hydroxyl groups is 1. The average Bonchev–Trinajstić information content (AvgIpc) is 2.49. The van der Waals surface area contributed by atoms with Crippen LogP contribution in [-0.4, -0.2) is 46.2 Å². The van der Waals surface area contributed by atoms with E-state index in [9.17, 15) is 14.7 Å². The van der Waals surface area contributed by atoms with Gasteiger partial charge in [-0.3, -0.25) is 0 Å². The van der Waals surface area contributed by atoms with Gasteiger partial charge in [-0.25, -0.2) is 9.59 Å². The number of aliphatic hydroxyl groups excluding tert-OH is 1. The maximum atomic E-state index is 10.9. The number of aryl methyl sites for hydroxylation is 1. The minimum absolute atomic E-state index is 0.197. The summed E-state index contributed by atoms with van der Waals surface area (Å²) >= 11 is 0. The van der Waals surface area contributed by atoms with Crippen molar-refractivity contribution >= 4 is 12.2 Å². The zero-order valence-electron chi connectivity index (χ0n) is 13.3. The van der Waals surface area contributed by atoms with E-state index >= 15 is 0 Å². The molecule has 0 radical (unpaired) electrons. The summed E-state index contributed by atoms with van der Waals surface area (Å²) < 4.78 is 0. The minimum atomic E-state index is -1.31. The van der Waals surface area contributed by atoms with Crippen molar-refractivity contribution in [3.05, 3.63) is 35.9 Å². The van der Waals surface area contributed by atoms with Crippen LogP contribution in [0.3, 0.4) is 0 Å². The molecule has 0 aliphatic carbocycles. The van der Waals surface area contributed by atoms with E-state index in [1.54, 1.807) is 0 Å². The summed E-state index contributed by atoms with van der Waals surface area (Å²) in [4.78, 5) is 21.5. The molecule has 1 aromatic rings. The number of rotatable bonds is 8. The number of carbonyl (C=O) groups is 2. The van der Waals surface area contributed by atoms with Gasteiger partial charge in [0.1, 0.15) is 0 Å². The van der Waals surface area contributed by atoms with Crippen molar-refractivity contribution in [3.63, 3.8) is 0 Å². The number of amides is 2. The van der Waals surface area contributed by atoms with Gasteiger partial charge in [-0.1, -0.05) is 44.2 Å². The van der Waals surface area contributed by atoms with Gasteiger partial charge >= 0.3 is 12.2 Å². The zero-order valence-corrected chi connectivity index (χ0v) is 13.3. The lowest BCUT2D eigenvalue weighted by Gasteiger charge is -2.36. The molecule has 0 saturated carbocycles. The van der Waals surface area contributed by atoms with Gasteiger partial charge in [0.2, 0.25) is 0 Å². The highest BCUT2D eigenvalue weighted by atomic mass is 16.4. The van der Waals surface area contributed by atoms with Crippen LogP contribution in [-0.2, 0) is 6.42 Å². The lowest BCUT2D eigenvalue weighted by atomic mass is 9.78. The number of hydrogen-bond acceptors (Lipinski definition) is 3. The van der Waals surface area contributed by atoms with Gasteiger partial charge in [-0.05, 0) is 23.8 Å². The monoisotopic (exact) mass is 324 g/mol. The largest absolute Gasteiger partial charge is 0.465 e. The average molecular weight is 324 g/mol. The number of carboxylic acid groups (broad SMARTS) is 2. The molecule has 0 fully saturated rings. The van der Waals surface area contributed by atoms with E-state index in [1.807, 2.05) is 44.2 Å². The van der Waals surface area contributed by atoms with Crippen LogP contribution < -0.4 is 10.6 Å². The van der Waals surface area contributed by atoms with Crippen LogP contribution in [0.4, 0.5) is 9.59 Å². The Morgan fingerprint density at radius 1 is 1.13 bits per heavy atom. The summed E-state index contributed by atoms with van der Waals surface area (Å²) in [5.74, 6) is 0. The summed E-state index contributed by atoms with van der Waals surface area (Å²) in [6, 6.07) is 8.85. The second-order valence-corrected chi connectivity index (χ2v) is 6.16. The molecule has 2 atom stereocenters. The first-order valence-electron chi connectivity index (χ1n) is 7.40. The Kier molecular flexibility index (Phi) is 6.84. The van der Waals surface area contributed by atoms with Crippen molar-refractivity contribution in [2.45, 2.75) is 38.8 Å². The molecule has 1 rings (SSSR count). The van der Waals surface area contributed by atoms with Crippen LogP contribution in [0.1, 0.15) is 25.8 Å². The fraction of sp³-hybridized carbons (Fsp3) is 0.500. The van der Waals surface area contributed by atoms with E-state index in [2.05, 4.69) is 10.6 Å². The van der Waals surface area contributed by atoms with Crippen molar-refractivity contribution in [1.29, 1.82) is 0 Å². The minimum Gasteiger partial charge on any atom is -0.465 e. The fourth-order valence-corrected chi connectivity index (χ4v) is 2.40. The van der Waals surface area contributed by atoms with Crippen LogP contribution in [0.15, 0.2) is 30.3 Å². The third-order valence-electron chi connectivity index (χ3n) is 3.86. The molecule has 0 spiro atoms. The van der Waals surface area contributed by atoms with Crippen molar-refractivity contribution in [2.75, 3.05) is 6.54 Å². The molecular formula is C16H24N2O5. The van der Waals surface area contributed by atoms with Gasteiger partial charge in [0.15, 0.2) is 0 Å². The third-order valence-corrected chi connectivity index (χ3v) is 3.86. The van der Waals surface area contributed by atoms with E-state index in [0.29, 0.717) is 6.42 Å². The van der Waals surface area contributed by atoms with Gasteiger partial charge in [0.05, 0.1) is 12.1 Å². The van der Waals surface area contributed by atoms with Gasteiger partial charge in [-0.2, -0.15) is 0 Å². The Hall–Kier alpha value is -2.28. The van der Waals surface area contributed by atoms with E-state index in [4.69, 9.17) is 10.2 Å². The topological polar surface area (TPSA) is 119 Å². The predicted octanol–water partition coefficient (Wildman–Crippen LogP) is 1.91. The van der Waals surface area contributed by atoms with E-state index < -0.39 is 29.7 Å². The Balaban J connectivity index is 2.71. The summed E-state index contributed by atoms with van der Waals surface area (Å²) in [5.41, 5.74) is 0.530. The number of benzene rings is 1. The van der Waals surface area contributed by atoms with Crippen molar-refractivity contribution in [3.8, 4) is 0 Å². The van der Waals surface area contributed by atoms with Crippen molar-refractivity contribution < 1.29 is 24.9 Å². The molecule has 128 valence electrons. The van der Waals surface area contributed by atoms with Gasteiger partial charge in [-0.15, -0.1) is 0 Å². The van der Waals surface area contributed by atoms with Gasteiger partial charge < -0.3 is 26.0 Å².